The van der Waals surface area contributed by atoms with Crippen LogP contribution in [0.1, 0.15) is 6.42 Å². The van der Waals surface area contributed by atoms with Crippen LogP contribution in [0, 0.1) is 5.92 Å². The van der Waals surface area contributed by atoms with E-state index >= 15 is 0 Å². The van der Waals surface area contributed by atoms with E-state index in [2.05, 4.69) is 0 Å². The molecule has 0 radical (unpaired) electrons. The summed E-state index contributed by atoms with van der Waals surface area (Å²) in [6.07, 6.45) is 0.749. The molecule has 0 amide bonds. The normalized spacial score (nSPS) is 22.4. The Balaban J connectivity index is 2.11. The SMILES string of the molecule is O=S(=O)(Cl)c1ccccc1SCC1CC1(Cl)Cl. The molecule has 1 aromatic rings. The molecule has 2 rings (SSSR count). The quantitative estimate of drug-likeness (QED) is 0.477. The van der Waals surface area contributed by atoms with E-state index in [4.69, 9.17) is 33.9 Å². The summed E-state index contributed by atoms with van der Waals surface area (Å²) in [5, 5.41) is 0. The molecule has 0 aromatic heterocycles. The maximum atomic E-state index is 11.3. The van der Waals surface area contributed by atoms with Gasteiger partial charge in [-0.25, -0.2) is 8.42 Å². The number of alkyl halides is 2. The van der Waals surface area contributed by atoms with Gasteiger partial charge in [0, 0.05) is 27.2 Å². The first kappa shape index (κ1) is 13.8. The highest BCUT2D eigenvalue weighted by Gasteiger charge is 2.51. The fourth-order valence-corrected chi connectivity index (χ4v) is 4.89. The molecule has 0 heterocycles. The second kappa shape index (κ2) is 4.82. The molecule has 1 aliphatic rings. The molecular weight excluding hydrogens is 323 g/mol. The third kappa shape index (κ3) is 3.44. The molecule has 1 aliphatic carbocycles. The van der Waals surface area contributed by atoms with Crippen molar-refractivity contribution in [1.29, 1.82) is 0 Å². The van der Waals surface area contributed by atoms with E-state index in [0.29, 0.717) is 10.6 Å². The molecule has 0 bridgehead atoms. The summed E-state index contributed by atoms with van der Waals surface area (Å²) >= 11 is 13.2. The highest BCUT2D eigenvalue weighted by Crippen LogP contribution is 2.55. The molecule has 0 N–H and O–H groups in total. The first-order valence-electron chi connectivity index (χ1n) is 4.85. The van der Waals surface area contributed by atoms with Crippen LogP contribution in [0.15, 0.2) is 34.1 Å². The lowest BCUT2D eigenvalue weighted by Crippen LogP contribution is -1.96. The number of halogens is 3. The summed E-state index contributed by atoms with van der Waals surface area (Å²) in [5.74, 6) is 0.901. The number of hydrogen-bond acceptors (Lipinski definition) is 3. The second-order valence-corrected chi connectivity index (χ2v) is 9.00. The van der Waals surface area contributed by atoms with Crippen molar-refractivity contribution in [1.82, 2.24) is 0 Å². The van der Waals surface area contributed by atoms with Crippen LogP contribution in [-0.2, 0) is 9.05 Å². The lowest BCUT2D eigenvalue weighted by Gasteiger charge is -2.06. The topological polar surface area (TPSA) is 34.1 Å². The van der Waals surface area contributed by atoms with Gasteiger partial charge in [-0.3, -0.25) is 0 Å². The number of benzene rings is 1. The van der Waals surface area contributed by atoms with Crippen molar-refractivity contribution >= 4 is 54.7 Å². The van der Waals surface area contributed by atoms with Crippen molar-refractivity contribution in [3.05, 3.63) is 24.3 Å². The zero-order valence-electron chi connectivity index (χ0n) is 8.57. The third-order valence-electron chi connectivity index (χ3n) is 2.51. The van der Waals surface area contributed by atoms with Crippen molar-refractivity contribution < 1.29 is 8.42 Å². The second-order valence-electron chi connectivity index (χ2n) is 3.86. The van der Waals surface area contributed by atoms with Crippen molar-refractivity contribution in [2.75, 3.05) is 5.75 Å². The van der Waals surface area contributed by atoms with Gasteiger partial charge < -0.3 is 0 Å². The molecule has 94 valence electrons. The number of rotatable bonds is 4. The van der Waals surface area contributed by atoms with E-state index in [1.807, 2.05) is 0 Å². The van der Waals surface area contributed by atoms with Crippen LogP contribution >= 0.6 is 45.6 Å². The van der Waals surface area contributed by atoms with Crippen LogP contribution in [-0.4, -0.2) is 18.5 Å². The zero-order valence-corrected chi connectivity index (χ0v) is 12.5. The monoisotopic (exact) mass is 330 g/mol. The summed E-state index contributed by atoms with van der Waals surface area (Å²) in [7, 11) is 1.65. The lowest BCUT2D eigenvalue weighted by atomic mass is 10.4. The van der Waals surface area contributed by atoms with E-state index in [0.717, 1.165) is 6.42 Å². The van der Waals surface area contributed by atoms with Crippen LogP contribution < -0.4 is 0 Å². The summed E-state index contributed by atoms with van der Waals surface area (Å²) in [6.45, 7) is 0. The summed E-state index contributed by atoms with van der Waals surface area (Å²) in [4.78, 5) is 0.778. The molecule has 2 nitrogen and oxygen atoms in total. The predicted molar refractivity (Wildman–Crippen MR) is 72.7 cm³/mol. The van der Waals surface area contributed by atoms with Gasteiger partial charge in [-0.1, -0.05) is 12.1 Å². The Kier molecular flexibility index (Phi) is 3.91. The van der Waals surface area contributed by atoms with Crippen molar-refractivity contribution in [3.63, 3.8) is 0 Å². The van der Waals surface area contributed by atoms with Crippen LogP contribution in [0.5, 0.6) is 0 Å². The van der Waals surface area contributed by atoms with Gasteiger partial charge in [0.05, 0.1) is 4.90 Å². The highest BCUT2D eigenvalue weighted by molar-refractivity contribution is 8.14. The standard InChI is InChI=1S/C10H9Cl3O2S2/c11-10(12)5-7(10)6-16-8-3-1-2-4-9(8)17(13,14)15/h1-4,7H,5-6H2. The first-order chi connectivity index (χ1) is 7.81. The Bertz CT molecular complexity index is 528. The highest BCUT2D eigenvalue weighted by atomic mass is 35.7. The first-order valence-corrected chi connectivity index (χ1v) is 8.90. The Morgan fingerprint density at radius 1 is 1.35 bits per heavy atom. The van der Waals surface area contributed by atoms with Gasteiger partial charge in [0.1, 0.15) is 4.33 Å². The molecule has 0 aliphatic heterocycles. The van der Waals surface area contributed by atoms with Crippen LogP contribution in [0.25, 0.3) is 0 Å². The molecule has 17 heavy (non-hydrogen) atoms. The van der Waals surface area contributed by atoms with Gasteiger partial charge in [0.15, 0.2) is 0 Å². The van der Waals surface area contributed by atoms with Crippen LogP contribution in [0.2, 0.25) is 0 Å². The van der Waals surface area contributed by atoms with E-state index in [-0.39, 0.29) is 10.8 Å². The largest absolute Gasteiger partial charge is 0.262 e. The molecule has 0 saturated heterocycles. The fraction of sp³-hybridized carbons (Fsp3) is 0.400. The lowest BCUT2D eigenvalue weighted by molar-refractivity contribution is 0.607. The summed E-state index contributed by atoms with van der Waals surface area (Å²) in [5.41, 5.74) is 0. The van der Waals surface area contributed by atoms with E-state index in [1.165, 1.54) is 17.8 Å². The van der Waals surface area contributed by atoms with Gasteiger partial charge in [-0.05, 0) is 18.6 Å². The Morgan fingerprint density at radius 2 is 1.94 bits per heavy atom. The number of thioether (sulfide) groups is 1. The maximum Gasteiger partial charge on any atom is 0.262 e. The molecule has 1 fully saturated rings. The molecule has 1 atom stereocenters. The van der Waals surface area contributed by atoms with Crippen molar-refractivity contribution in [3.8, 4) is 0 Å². The van der Waals surface area contributed by atoms with Crippen molar-refractivity contribution in [2.45, 2.75) is 20.5 Å². The minimum Gasteiger partial charge on any atom is -0.207 e. The molecule has 0 spiro atoms. The minimum absolute atomic E-state index is 0.141. The van der Waals surface area contributed by atoms with E-state index < -0.39 is 13.4 Å². The smallest absolute Gasteiger partial charge is 0.207 e. The maximum absolute atomic E-state index is 11.3. The summed E-state index contributed by atoms with van der Waals surface area (Å²) in [6, 6.07) is 6.64. The zero-order chi connectivity index (χ0) is 12.7. The van der Waals surface area contributed by atoms with Gasteiger partial charge >= 0.3 is 0 Å². The van der Waals surface area contributed by atoms with E-state index in [1.54, 1.807) is 18.2 Å². The third-order valence-corrected chi connectivity index (χ3v) is 6.18. The average Bonchev–Trinajstić information content (AvgIpc) is 2.83. The Labute approximate surface area is 119 Å². The van der Waals surface area contributed by atoms with Gasteiger partial charge in [0.2, 0.25) is 0 Å². The van der Waals surface area contributed by atoms with Gasteiger partial charge in [-0.15, -0.1) is 35.0 Å². The minimum atomic E-state index is -3.70. The predicted octanol–water partition coefficient (Wildman–Crippen LogP) is 3.90. The van der Waals surface area contributed by atoms with Crippen LogP contribution in [0.3, 0.4) is 0 Å². The van der Waals surface area contributed by atoms with E-state index in [9.17, 15) is 8.42 Å². The molecular formula is C10H9Cl3O2S2. The van der Waals surface area contributed by atoms with Crippen molar-refractivity contribution in [2.24, 2.45) is 5.92 Å². The molecule has 7 heteroatoms. The molecule has 1 unspecified atom stereocenters. The summed E-state index contributed by atoms with van der Waals surface area (Å²) < 4.78 is 22.0. The fourth-order valence-electron chi connectivity index (χ4n) is 1.41. The van der Waals surface area contributed by atoms with Gasteiger partial charge in [0.25, 0.3) is 9.05 Å². The molecule has 1 saturated carbocycles. The Hall–Kier alpha value is 0.390. The number of hydrogen-bond donors (Lipinski definition) is 0. The average molecular weight is 332 g/mol. The van der Waals surface area contributed by atoms with Gasteiger partial charge in [-0.2, -0.15) is 0 Å². The molecule has 1 aromatic carbocycles. The Morgan fingerprint density at radius 3 is 2.47 bits per heavy atom. The van der Waals surface area contributed by atoms with Crippen LogP contribution in [0.4, 0.5) is 0 Å².